The Balaban J connectivity index is 1.98. The Morgan fingerprint density at radius 1 is 1.47 bits per heavy atom. The zero-order valence-corrected chi connectivity index (χ0v) is 9.72. The van der Waals surface area contributed by atoms with Gasteiger partial charge in [0.15, 0.2) is 0 Å². The quantitative estimate of drug-likeness (QED) is 0.791. The number of carbonyl (C=O) groups excluding carboxylic acids is 1. The maximum atomic E-state index is 12.1. The van der Waals surface area contributed by atoms with E-state index in [0.29, 0.717) is 5.69 Å². The lowest BCUT2D eigenvalue weighted by atomic mass is 10.3. The van der Waals surface area contributed by atoms with Gasteiger partial charge >= 0.3 is 0 Å². The summed E-state index contributed by atoms with van der Waals surface area (Å²) in [6.07, 6.45) is 2.76. The molecule has 2 heterocycles. The minimum Gasteiger partial charge on any atom is -0.340 e. The van der Waals surface area contributed by atoms with Crippen molar-refractivity contribution >= 4 is 5.91 Å². The molecule has 5 heteroatoms. The smallest absolute Gasteiger partial charge is 0.242 e. The van der Waals surface area contributed by atoms with Crippen LogP contribution in [0.4, 0.5) is 0 Å². The fraction of sp³-hybridized carbons (Fsp3) is 0.500. The molecule has 0 aliphatic carbocycles. The summed E-state index contributed by atoms with van der Waals surface area (Å²) in [5.41, 5.74) is 0.534. The van der Waals surface area contributed by atoms with E-state index in [-0.39, 0.29) is 12.5 Å². The summed E-state index contributed by atoms with van der Waals surface area (Å²) < 4.78 is 1.70. The van der Waals surface area contributed by atoms with Gasteiger partial charge in [0.2, 0.25) is 5.91 Å². The highest BCUT2D eigenvalue weighted by molar-refractivity contribution is 5.76. The number of nitrogens with zero attached hydrogens (tertiary/aromatic N) is 3. The molecule has 1 aliphatic rings. The summed E-state index contributed by atoms with van der Waals surface area (Å²) in [4.78, 5) is 13.9. The average Bonchev–Trinajstić information content (AvgIpc) is 2.62. The second kappa shape index (κ2) is 5.51. The van der Waals surface area contributed by atoms with E-state index >= 15 is 0 Å². The van der Waals surface area contributed by atoms with Crippen LogP contribution >= 0.6 is 0 Å². The van der Waals surface area contributed by atoms with Crippen LogP contribution < -0.4 is 5.32 Å². The molecule has 0 spiro atoms. The third-order valence-electron chi connectivity index (χ3n) is 2.94. The summed E-state index contributed by atoms with van der Waals surface area (Å²) in [6, 6.07) is 5.58. The van der Waals surface area contributed by atoms with Crippen LogP contribution in [0.2, 0.25) is 0 Å². The van der Waals surface area contributed by atoms with Crippen molar-refractivity contribution in [3.05, 3.63) is 24.0 Å². The van der Waals surface area contributed by atoms with Crippen molar-refractivity contribution in [1.29, 1.82) is 5.26 Å². The van der Waals surface area contributed by atoms with E-state index in [2.05, 4.69) is 11.4 Å². The average molecular weight is 232 g/mol. The molecule has 5 nitrogen and oxygen atoms in total. The van der Waals surface area contributed by atoms with Gasteiger partial charge in [-0.25, -0.2) is 0 Å². The van der Waals surface area contributed by atoms with Gasteiger partial charge in [-0.2, -0.15) is 5.26 Å². The number of aromatic nitrogens is 1. The molecule has 1 aromatic rings. The van der Waals surface area contributed by atoms with Gasteiger partial charge in [0.05, 0.1) is 0 Å². The minimum atomic E-state index is 0.0846. The first-order valence-electron chi connectivity index (χ1n) is 5.85. The highest BCUT2D eigenvalue weighted by atomic mass is 16.2. The van der Waals surface area contributed by atoms with Crippen LogP contribution in [0, 0.1) is 11.3 Å². The Hall–Kier alpha value is -1.80. The van der Waals surface area contributed by atoms with Crippen molar-refractivity contribution in [1.82, 2.24) is 14.8 Å². The summed E-state index contributed by atoms with van der Waals surface area (Å²) in [5.74, 6) is 0.0846. The zero-order valence-electron chi connectivity index (χ0n) is 9.72. The minimum absolute atomic E-state index is 0.0846. The van der Waals surface area contributed by atoms with Crippen LogP contribution in [-0.2, 0) is 11.3 Å². The lowest BCUT2D eigenvalue weighted by Crippen LogP contribution is -2.36. The Bertz CT molecular complexity index is 424. The molecule has 0 unspecified atom stereocenters. The number of rotatable bonds is 2. The molecule has 1 fully saturated rings. The van der Waals surface area contributed by atoms with Gasteiger partial charge in [-0.15, -0.1) is 0 Å². The molecule has 0 radical (unpaired) electrons. The molecule has 0 aromatic carbocycles. The molecule has 0 atom stereocenters. The van der Waals surface area contributed by atoms with E-state index in [1.165, 1.54) is 0 Å². The van der Waals surface area contributed by atoms with E-state index < -0.39 is 0 Å². The highest BCUT2D eigenvalue weighted by Crippen LogP contribution is 2.03. The van der Waals surface area contributed by atoms with Crippen LogP contribution in [0.1, 0.15) is 12.1 Å². The maximum absolute atomic E-state index is 12.1. The second-order valence-electron chi connectivity index (χ2n) is 4.12. The predicted octanol–water partition coefficient (Wildman–Crippen LogP) is 0.182. The van der Waals surface area contributed by atoms with E-state index in [4.69, 9.17) is 5.26 Å². The standard InChI is InChI=1S/C12H16N4O/c13-9-11-3-1-6-16(11)10-12(17)15-7-2-4-14-5-8-15/h1,3,6,14H,2,4-5,7-8,10H2. The number of carbonyl (C=O) groups is 1. The van der Waals surface area contributed by atoms with Crippen LogP contribution in [0.3, 0.4) is 0 Å². The summed E-state index contributed by atoms with van der Waals surface area (Å²) in [5, 5.41) is 12.1. The molecular weight excluding hydrogens is 216 g/mol. The summed E-state index contributed by atoms with van der Waals surface area (Å²) in [6.45, 7) is 3.63. The van der Waals surface area contributed by atoms with Gasteiger partial charge in [0.1, 0.15) is 18.3 Å². The van der Waals surface area contributed by atoms with Crippen LogP contribution in [0.15, 0.2) is 18.3 Å². The molecule has 1 aliphatic heterocycles. The number of amides is 1. The lowest BCUT2D eigenvalue weighted by Gasteiger charge is -2.20. The van der Waals surface area contributed by atoms with Crippen LogP contribution in [0.25, 0.3) is 0 Å². The molecule has 1 saturated heterocycles. The molecule has 0 saturated carbocycles. The first kappa shape index (κ1) is 11.7. The van der Waals surface area contributed by atoms with Gasteiger partial charge in [0.25, 0.3) is 0 Å². The molecule has 1 N–H and O–H groups in total. The lowest BCUT2D eigenvalue weighted by molar-refractivity contribution is -0.131. The van der Waals surface area contributed by atoms with Gasteiger partial charge in [0, 0.05) is 25.8 Å². The van der Waals surface area contributed by atoms with Crippen molar-refractivity contribution in [2.75, 3.05) is 26.2 Å². The van der Waals surface area contributed by atoms with Crippen molar-refractivity contribution in [3.63, 3.8) is 0 Å². The van der Waals surface area contributed by atoms with Crippen molar-refractivity contribution in [2.24, 2.45) is 0 Å². The fourth-order valence-electron chi connectivity index (χ4n) is 1.99. The van der Waals surface area contributed by atoms with Crippen molar-refractivity contribution in [3.8, 4) is 6.07 Å². The normalized spacial score (nSPS) is 16.3. The summed E-state index contributed by atoms with van der Waals surface area (Å²) in [7, 11) is 0. The Kier molecular flexibility index (Phi) is 3.78. The molecule has 1 aromatic heterocycles. The van der Waals surface area contributed by atoms with Crippen molar-refractivity contribution in [2.45, 2.75) is 13.0 Å². The number of hydrogen-bond acceptors (Lipinski definition) is 3. The Labute approximate surface area is 101 Å². The zero-order chi connectivity index (χ0) is 12.1. The summed E-state index contributed by atoms with van der Waals surface area (Å²) >= 11 is 0. The fourth-order valence-corrected chi connectivity index (χ4v) is 1.99. The Morgan fingerprint density at radius 2 is 2.35 bits per heavy atom. The molecule has 1 amide bonds. The number of nitriles is 1. The highest BCUT2D eigenvalue weighted by Gasteiger charge is 2.16. The third kappa shape index (κ3) is 2.86. The van der Waals surface area contributed by atoms with Crippen molar-refractivity contribution < 1.29 is 4.79 Å². The van der Waals surface area contributed by atoms with E-state index in [1.807, 2.05) is 4.90 Å². The van der Waals surface area contributed by atoms with E-state index in [0.717, 1.165) is 32.6 Å². The van der Waals surface area contributed by atoms with Gasteiger partial charge in [-0.1, -0.05) is 0 Å². The topological polar surface area (TPSA) is 61.1 Å². The molecule has 2 rings (SSSR count). The second-order valence-corrected chi connectivity index (χ2v) is 4.12. The molecule has 90 valence electrons. The largest absolute Gasteiger partial charge is 0.340 e. The van der Waals surface area contributed by atoms with E-state index in [9.17, 15) is 4.79 Å². The van der Waals surface area contributed by atoms with Gasteiger partial charge in [-0.05, 0) is 25.1 Å². The van der Waals surface area contributed by atoms with Crippen LogP contribution in [-0.4, -0.2) is 41.6 Å². The first-order chi connectivity index (χ1) is 8.31. The molecule has 0 bridgehead atoms. The van der Waals surface area contributed by atoms with E-state index in [1.54, 1.807) is 22.9 Å². The third-order valence-corrected chi connectivity index (χ3v) is 2.94. The maximum Gasteiger partial charge on any atom is 0.242 e. The van der Waals surface area contributed by atoms with Gasteiger partial charge in [-0.3, -0.25) is 4.79 Å². The predicted molar refractivity (Wildman–Crippen MR) is 63.2 cm³/mol. The van der Waals surface area contributed by atoms with Crippen LogP contribution in [0.5, 0.6) is 0 Å². The molecule has 17 heavy (non-hydrogen) atoms. The number of hydrogen-bond donors (Lipinski definition) is 1. The SMILES string of the molecule is N#Cc1cccn1CC(=O)N1CCCNCC1. The Morgan fingerprint density at radius 3 is 3.18 bits per heavy atom. The van der Waals surface area contributed by atoms with Gasteiger partial charge < -0.3 is 14.8 Å². The molecular formula is C12H16N4O. The monoisotopic (exact) mass is 232 g/mol. The number of nitrogens with one attached hydrogen (secondary N) is 1. The first-order valence-corrected chi connectivity index (χ1v) is 5.85.